The van der Waals surface area contributed by atoms with Gasteiger partial charge in [0.15, 0.2) is 0 Å². The standard InChI is InChI=1S/C19H21N3O3/c23-17-9-5-4-8-16(17)18(24)21-10-12-22(13-11-21)19(25)20-14-15-6-2-1-3-7-15/h1-9,23H,10-14H2,(H,20,25). The number of para-hydroxylation sites is 1. The van der Waals surface area contributed by atoms with E-state index in [1.54, 1.807) is 28.0 Å². The Morgan fingerprint density at radius 2 is 1.48 bits per heavy atom. The average Bonchev–Trinajstić information content (AvgIpc) is 2.67. The second kappa shape index (κ2) is 7.70. The molecule has 0 bridgehead atoms. The van der Waals surface area contributed by atoms with Gasteiger partial charge >= 0.3 is 6.03 Å². The minimum absolute atomic E-state index is 0.0180. The summed E-state index contributed by atoms with van der Waals surface area (Å²) in [6.45, 7) is 2.33. The van der Waals surface area contributed by atoms with Crippen molar-refractivity contribution in [1.82, 2.24) is 15.1 Å². The molecule has 25 heavy (non-hydrogen) atoms. The lowest BCUT2D eigenvalue weighted by Gasteiger charge is -2.34. The molecule has 1 aliphatic heterocycles. The van der Waals surface area contributed by atoms with Gasteiger partial charge in [-0.15, -0.1) is 0 Å². The van der Waals surface area contributed by atoms with Gasteiger partial charge in [0.05, 0.1) is 5.56 Å². The van der Waals surface area contributed by atoms with Gasteiger partial charge in [-0.25, -0.2) is 4.79 Å². The van der Waals surface area contributed by atoms with Crippen LogP contribution in [-0.2, 0) is 6.54 Å². The fraction of sp³-hybridized carbons (Fsp3) is 0.263. The minimum atomic E-state index is -0.206. The summed E-state index contributed by atoms with van der Waals surface area (Å²) in [6, 6.07) is 16.1. The molecule has 0 atom stereocenters. The van der Waals surface area contributed by atoms with Crippen molar-refractivity contribution < 1.29 is 14.7 Å². The Labute approximate surface area is 146 Å². The summed E-state index contributed by atoms with van der Waals surface area (Å²) < 4.78 is 0. The second-order valence-electron chi connectivity index (χ2n) is 5.94. The maximum atomic E-state index is 12.5. The molecular weight excluding hydrogens is 318 g/mol. The van der Waals surface area contributed by atoms with E-state index >= 15 is 0 Å². The Kier molecular flexibility index (Phi) is 5.18. The third-order valence-corrected chi connectivity index (χ3v) is 4.28. The first kappa shape index (κ1) is 16.8. The predicted octanol–water partition coefficient (Wildman–Crippen LogP) is 2.06. The number of phenols is 1. The molecule has 0 unspecified atom stereocenters. The maximum Gasteiger partial charge on any atom is 0.317 e. The molecule has 2 aromatic carbocycles. The smallest absolute Gasteiger partial charge is 0.317 e. The summed E-state index contributed by atoms with van der Waals surface area (Å²) >= 11 is 0. The number of carbonyl (C=O) groups is 2. The highest BCUT2D eigenvalue weighted by Gasteiger charge is 2.25. The number of nitrogens with one attached hydrogen (secondary N) is 1. The molecule has 3 rings (SSSR count). The van der Waals surface area contributed by atoms with Gasteiger partial charge in [-0.3, -0.25) is 4.79 Å². The molecule has 1 aliphatic rings. The van der Waals surface area contributed by atoms with Crippen molar-refractivity contribution in [2.24, 2.45) is 0 Å². The van der Waals surface area contributed by atoms with Gasteiger partial charge in [0.1, 0.15) is 5.75 Å². The number of carbonyl (C=O) groups excluding carboxylic acids is 2. The van der Waals surface area contributed by atoms with Gasteiger partial charge in [-0.1, -0.05) is 42.5 Å². The van der Waals surface area contributed by atoms with Crippen molar-refractivity contribution in [3.63, 3.8) is 0 Å². The number of phenolic OH excluding ortho intramolecular Hbond substituents is 1. The van der Waals surface area contributed by atoms with E-state index in [-0.39, 0.29) is 17.7 Å². The molecule has 0 saturated carbocycles. The van der Waals surface area contributed by atoms with Crippen molar-refractivity contribution in [1.29, 1.82) is 0 Å². The SMILES string of the molecule is O=C(NCc1ccccc1)N1CCN(C(=O)c2ccccc2O)CC1. The summed E-state index contributed by atoms with van der Waals surface area (Å²) in [4.78, 5) is 28.1. The van der Waals surface area contributed by atoms with E-state index in [2.05, 4.69) is 5.32 Å². The molecule has 3 amide bonds. The first-order valence-corrected chi connectivity index (χ1v) is 8.29. The van der Waals surface area contributed by atoms with Gasteiger partial charge in [0.25, 0.3) is 5.91 Å². The third-order valence-electron chi connectivity index (χ3n) is 4.28. The Morgan fingerprint density at radius 3 is 2.16 bits per heavy atom. The van der Waals surface area contributed by atoms with Crippen LogP contribution in [0.5, 0.6) is 5.75 Å². The monoisotopic (exact) mass is 339 g/mol. The van der Waals surface area contributed by atoms with Crippen LogP contribution in [0.1, 0.15) is 15.9 Å². The lowest BCUT2D eigenvalue weighted by Crippen LogP contribution is -2.53. The second-order valence-corrected chi connectivity index (χ2v) is 5.94. The van der Waals surface area contributed by atoms with Crippen LogP contribution in [-0.4, -0.2) is 53.0 Å². The Bertz CT molecular complexity index is 741. The van der Waals surface area contributed by atoms with Gasteiger partial charge in [-0.2, -0.15) is 0 Å². The highest BCUT2D eigenvalue weighted by atomic mass is 16.3. The quantitative estimate of drug-likeness (QED) is 0.899. The number of aromatic hydroxyl groups is 1. The number of hydrogen-bond acceptors (Lipinski definition) is 3. The molecule has 6 heteroatoms. The molecule has 1 heterocycles. The molecular formula is C19H21N3O3. The summed E-state index contributed by atoms with van der Waals surface area (Å²) in [5.41, 5.74) is 1.34. The van der Waals surface area contributed by atoms with Crippen molar-refractivity contribution in [2.45, 2.75) is 6.54 Å². The number of rotatable bonds is 3. The van der Waals surface area contributed by atoms with Crippen molar-refractivity contribution >= 4 is 11.9 Å². The molecule has 130 valence electrons. The van der Waals surface area contributed by atoms with E-state index < -0.39 is 0 Å². The number of benzene rings is 2. The van der Waals surface area contributed by atoms with E-state index in [4.69, 9.17) is 0 Å². The highest BCUT2D eigenvalue weighted by molar-refractivity contribution is 5.97. The summed E-state index contributed by atoms with van der Waals surface area (Å²) in [7, 11) is 0. The summed E-state index contributed by atoms with van der Waals surface area (Å²) in [5, 5.41) is 12.7. The number of urea groups is 1. The van der Waals surface area contributed by atoms with Crippen molar-refractivity contribution in [3.8, 4) is 5.75 Å². The topological polar surface area (TPSA) is 72.9 Å². The van der Waals surface area contributed by atoms with Gasteiger partial charge in [0, 0.05) is 32.7 Å². The van der Waals surface area contributed by atoms with Crippen LogP contribution in [0.4, 0.5) is 4.79 Å². The Hall–Kier alpha value is -3.02. The van der Waals surface area contributed by atoms with Crippen LogP contribution in [0.2, 0.25) is 0 Å². The first-order valence-electron chi connectivity index (χ1n) is 8.29. The molecule has 1 saturated heterocycles. The minimum Gasteiger partial charge on any atom is -0.507 e. The van der Waals surface area contributed by atoms with Crippen LogP contribution in [0.15, 0.2) is 54.6 Å². The van der Waals surface area contributed by atoms with Gasteiger partial charge < -0.3 is 20.2 Å². The lowest BCUT2D eigenvalue weighted by atomic mass is 10.1. The summed E-state index contributed by atoms with van der Waals surface area (Å²) in [5.74, 6) is -0.224. The van der Waals surface area contributed by atoms with E-state index in [9.17, 15) is 14.7 Å². The van der Waals surface area contributed by atoms with Gasteiger partial charge in [0.2, 0.25) is 0 Å². The Balaban J connectivity index is 1.50. The fourth-order valence-corrected chi connectivity index (χ4v) is 2.82. The van der Waals surface area contributed by atoms with E-state index in [0.29, 0.717) is 38.3 Å². The third kappa shape index (κ3) is 4.09. The molecule has 0 spiro atoms. The number of amides is 3. The molecule has 2 N–H and O–H groups in total. The number of piperazine rings is 1. The molecule has 6 nitrogen and oxygen atoms in total. The number of nitrogens with zero attached hydrogens (tertiary/aromatic N) is 2. The molecule has 1 fully saturated rings. The highest BCUT2D eigenvalue weighted by Crippen LogP contribution is 2.18. The van der Waals surface area contributed by atoms with Crippen molar-refractivity contribution in [2.75, 3.05) is 26.2 Å². The van der Waals surface area contributed by atoms with Crippen LogP contribution in [0.3, 0.4) is 0 Å². The molecule has 0 aliphatic carbocycles. The zero-order valence-corrected chi connectivity index (χ0v) is 13.9. The normalized spacial score (nSPS) is 14.2. The zero-order chi connectivity index (χ0) is 17.6. The largest absolute Gasteiger partial charge is 0.507 e. The summed E-state index contributed by atoms with van der Waals surface area (Å²) in [6.07, 6.45) is 0. The van der Waals surface area contributed by atoms with Crippen LogP contribution >= 0.6 is 0 Å². The lowest BCUT2D eigenvalue weighted by molar-refractivity contribution is 0.0662. The predicted molar refractivity (Wildman–Crippen MR) is 94.3 cm³/mol. The first-order chi connectivity index (χ1) is 12.1. The Morgan fingerprint density at radius 1 is 0.880 bits per heavy atom. The van der Waals surface area contributed by atoms with Crippen molar-refractivity contribution in [3.05, 3.63) is 65.7 Å². The van der Waals surface area contributed by atoms with Crippen LogP contribution in [0.25, 0.3) is 0 Å². The van der Waals surface area contributed by atoms with E-state index in [1.165, 1.54) is 6.07 Å². The van der Waals surface area contributed by atoms with Gasteiger partial charge in [-0.05, 0) is 17.7 Å². The van der Waals surface area contributed by atoms with E-state index in [0.717, 1.165) is 5.56 Å². The number of hydrogen-bond donors (Lipinski definition) is 2. The molecule has 2 aromatic rings. The average molecular weight is 339 g/mol. The van der Waals surface area contributed by atoms with E-state index in [1.807, 2.05) is 30.3 Å². The maximum absolute atomic E-state index is 12.5. The van der Waals surface area contributed by atoms with Crippen LogP contribution in [0, 0.1) is 0 Å². The zero-order valence-electron chi connectivity index (χ0n) is 13.9. The van der Waals surface area contributed by atoms with Crippen LogP contribution < -0.4 is 5.32 Å². The molecule has 0 radical (unpaired) electrons. The fourth-order valence-electron chi connectivity index (χ4n) is 2.82. The molecule has 0 aromatic heterocycles.